The monoisotopic (exact) mass is 456 g/mol. The molecule has 2 heterocycles. The highest BCUT2D eigenvalue weighted by Crippen LogP contribution is 2.37. The zero-order chi connectivity index (χ0) is 22.0. The number of hydrogen-bond donors (Lipinski definition) is 1. The third kappa shape index (κ3) is 4.44. The first kappa shape index (κ1) is 21.0. The number of carbonyl (C=O) groups excluding carboxylic acids is 1. The van der Waals surface area contributed by atoms with E-state index in [2.05, 4.69) is 10.2 Å². The largest absolute Gasteiger partial charge is 0.493 e. The Labute approximate surface area is 186 Å². The predicted molar refractivity (Wildman–Crippen MR) is 119 cm³/mol. The molecule has 2 aromatic carbocycles. The molecule has 1 fully saturated rings. The first-order valence-electron chi connectivity index (χ1n) is 9.13. The van der Waals surface area contributed by atoms with E-state index in [9.17, 15) is 9.18 Å². The third-order valence-corrected chi connectivity index (χ3v) is 6.07. The highest BCUT2D eigenvalue weighted by Gasteiger charge is 2.35. The van der Waals surface area contributed by atoms with Crippen LogP contribution in [0.4, 0.5) is 9.52 Å². The molecule has 3 aromatic rings. The number of anilines is 1. The molecule has 31 heavy (non-hydrogen) atoms. The Bertz CT molecular complexity index is 1190. The summed E-state index contributed by atoms with van der Waals surface area (Å²) in [6, 6.07) is 11.6. The summed E-state index contributed by atoms with van der Waals surface area (Å²) in [5, 5.41) is 17.2. The van der Waals surface area contributed by atoms with E-state index in [1.54, 1.807) is 49.4 Å². The van der Waals surface area contributed by atoms with E-state index >= 15 is 0 Å². The van der Waals surface area contributed by atoms with Crippen LogP contribution in [0.25, 0.3) is 6.08 Å². The molecular weight excluding hydrogens is 439 g/mol. The Morgan fingerprint density at radius 3 is 2.71 bits per heavy atom. The second-order valence-corrected chi connectivity index (χ2v) is 8.64. The lowest BCUT2D eigenvalue weighted by atomic mass is 10.1. The summed E-state index contributed by atoms with van der Waals surface area (Å²) in [7, 11) is 1.51. The highest BCUT2D eigenvalue weighted by molar-refractivity contribution is 8.19. The molecule has 0 unspecified atom stereocenters. The van der Waals surface area contributed by atoms with Crippen molar-refractivity contribution >= 4 is 45.4 Å². The van der Waals surface area contributed by atoms with Crippen molar-refractivity contribution in [3.63, 3.8) is 0 Å². The lowest BCUT2D eigenvalue weighted by molar-refractivity contribution is -0.113. The minimum Gasteiger partial charge on any atom is -0.493 e. The maximum Gasteiger partial charge on any atom is 0.273 e. The van der Waals surface area contributed by atoms with Crippen LogP contribution in [-0.4, -0.2) is 28.4 Å². The molecule has 0 aliphatic carbocycles. The van der Waals surface area contributed by atoms with Crippen LogP contribution >= 0.6 is 23.1 Å². The quantitative estimate of drug-likeness (QED) is 0.544. The van der Waals surface area contributed by atoms with E-state index in [0.717, 1.165) is 11.8 Å². The number of methoxy groups -OCH3 is 1. The van der Waals surface area contributed by atoms with Gasteiger partial charge < -0.3 is 9.47 Å². The molecule has 1 aromatic heterocycles. The van der Waals surface area contributed by atoms with Crippen LogP contribution < -0.4 is 14.4 Å². The number of rotatable bonds is 6. The Morgan fingerprint density at radius 1 is 1.19 bits per heavy atom. The van der Waals surface area contributed by atoms with Gasteiger partial charge in [-0.3, -0.25) is 10.2 Å². The molecule has 0 bridgehead atoms. The normalized spacial score (nSPS) is 15.1. The van der Waals surface area contributed by atoms with Crippen molar-refractivity contribution in [1.29, 1.82) is 5.41 Å². The number of amides is 1. The standard InChI is InChI=1S/C21H17FN4O3S2/c1-12-24-25-21(30-12)26-19(27)18(31-20(26)23)10-13-7-8-16(17(9-13)28-2)29-11-14-5-3-4-6-15(14)22/h3-10,23H,11H2,1-2H3/b18-10-,23-20?. The number of ether oxygens (including phenoxy) is 2. The molecule has 0 radical (unpaired) electrons. The lowest BCUT2D eigenvalue weighted by Crippen LogP contribution is -2.27. The molecule has 0 spiro atoms. The first-order chi connectivity index (χ1) is 15.0. The molecule has 10 heteroatoms. The van der Waals surface area contributed by atoms with Crippen LogP contribution in [0.3, 0.4) is 0 Å². The Kier molecular flexibility index (Phi) is 6.01. The topological polar surface area (TPSA) is 88.4 Å². The van der Waals surface area contributed by atoms with Crippen LogP contribution in [0.2, 0.25) is 0 Å². The van der Waals surface area contributed by atoms with Crippen molar-refractivity contribution in [3.8, 4) is 11.5 Å². The summed E-state index contributed by atoms with van der Waals surface area (Å²) < 4.78 is 24.9. The Balaban J connectivity index is 1.54. The number of thioether (sulfide) groups is 1. The van der Waals surface area contributed by atoms with Gasteiger partial charge in [0.2, 0.25) is 5.13 Å². The van der Waals surface area contributed by atoms with Gasteiger partial charge in [0.25, 0.3) is 5.91 Å². The molecule has 1 aliphatic rings. The summed E-state index contributed by atoms with van der Waals surface area (Å²) >= 11 is 2.31. The van der Waals surface area contributed by atoms with E-state index in [-0.39, 0.29) is 23.5 Å². The maximum atomic E-state index is 13.8. The van der Waals surface area contributed by atoms with Gasteiger partial charge in [0, 0.05) is 5.56 Å². The van der Waals surface area contributed by atoms with Gasteiger partial charge >= 0.3 is 0 Å². The zero-order valence-corrected chi connectivity index (χ0v) is 18.2. The number of nitrogens with one attached hydrogen (secondary N) is 1. The number of amidine groups is 1. The average molecular weight is 457 g/mol. The van der Waals surface area contributed by atoms with Crippen molar-refractivity contribution in [2.45, 2.75) is 13.5 Å². The number of hydrogen-bond acceptors (Lipinski definition) is 8. The summed E-state index contributed by atoms with van der Waals surface area (Å²) in [6.07, 6.45) is 1.68. The SMILES string of the molecule is COc1cc(/C=C2\SC(=N)N(c3nnc(C)s3)C2=O)ccc1OCc1ccccc1F. The van der Waals surface area contributed by atoms with Crippen molar-refractivity contribution in [3.05, 3.63) is 69.3 Å². The van der Waals surface area contributed by atoms with Gasteiger partial charge in [0.1, 0.15) is 17.4 Å². The fourth-order valence-corrected chi connectivity index (χ4v) is 4.45. The molecule has 1 N–H and O–H groups in total. The molecule has 0 atom stereocenters. The minimum absolute atomic E-state index is 0.0607. The molecular formula is C21H17FN4O3S2. The van der Waals surface area contributed by atoms with Gasteiger partial charge in [-0.05, 0) is 48.5 Å². The maximum absolute atomic E-state index is 13.8. The molecule has 1 saturated heterocycles. The van der Waals surface area contributed by atoms with Crippen molar-refractivity contribution in [2.75, 3.05) is 12.0 Å². The number of nitrogens with zero attached hydrogens (tertiary/aromatic N) is 3. The van der Waals surface area contributed by atoms with E-state index in [0.29, 0.717) is 37.7 Å². The van der Waals surface area contributed by atoms with E-state index in [4.69, 9.17) is 14.9 Å². The van der Waals surface area contributed by atoms with E-state index in [1.165, 1.54) is 29.4 Å². The number of halogens is 1. The molecule has 1 aliphatic heterocycles. The van der Waals surface area contributed by atoms with Crippen molar-refractivity contribution in [2.24, 2.45) is 0 Å². The van der Waals surface area contributed by atoms with Gasteiger partial charge in [0.15, 0.2) is 16.7 Å². The smallest absolute Gasteiger partial charge is 0.273 e. The second kappa shape index (κ2) is 8.86. The number of benzene rings is 2. The summed E-state index contributed by atoms with van der Waals surface area (Å²) in [5.41, 5.74) is 1.14. The number of aryl methyl sites for hydroxylation is 1. The predicted octanol–water partition coefficient (Wildman–Crippen LogP) is 4.63. The Morgan fingerprint density at radius 2 is 2.00 bits per heavy atom. The first-order valence-corrected chi connectivity index (χ1v) is 10.8. The van der Waals surface area contributed by atoms with Crippen LogP contribution in [0.15, 0.2) is 47.4 Å². The third-order valence-electron chi connectivity index (χ3n) is 4.36. The van der Waals surface area contributed by atoms with Crippen LogP contribution in [0.5, 0.6) is 11.5 Å². The molecule has 7 nitrogen and oxygen atoms in total. The van der Waals surface area contributed by atoms with Gasteiger partial charge in [-0.2, -0.15) is 0 Å². The van der Waals surface area contributed by atoms with Gasteiger partial charge in [-0.25, -0.2) is 9.29 Å². The van der Waals surface area contributed by atoms with E-state index in [1.807, 2.05) is 0 Å². The number of carbonyl (C=O) groups is 1. The number of aromatic nitrogens is 2. The van der Waals surface area contributed by atoms with Crippen molar-refractivity contribution < 1.29 is 18.7 Å². The van der Waals surface area contributed by atoms with Gasteiger partial charge in [-0.1, -0.05) is 35.6 Å². The Hall–Kier alpha value is -3.24. The molecule has 1 amide bonds. The molecule has 0 saturated carbocycles. The van der Waals surface area contributed by atoms with Gasteiger partial charge in [-0.15, -0.1) is 10.2 Å². The fraction of sp³-hybridized carbons (Fsp3) is 0.143. The van der Waals surface area contributed by atoms with Crippen LogP contribution in [0.1, 0.15) is 16.1 Å². The second-order valence-electron chi connectivity index (χ2n) is 6.45. The fourth-order valence-electron chi connectivity index (χ4n) is 2.85. The summed E-state index contributed by atoms with van der Waals surface area (Å²) in [5.74, 6) is 0.243. The van der Waals surface area contributed by atoms with Crippen LogP contribution in [0, 0.1) is 18.2 Å². The summed E-state index contributed by atoms with van der Waals surface area (Å²) in [6.45, 7) is 1.85. The zero-order valence-electron chi connectivity index (χ0n) is 16.6. The van der Waals surface area contributed by atoms with Crippen molar-refractivity contribution in [1.82, 2.24) is 10.2 Å². The lowest BCUT2D eigenvalue weighted by Gasteiger charge is -2.12. The van der Waals surface area contributed by atoms with Crippen LogP contribution in [-0.2, 0) is 11.4 Å². The van der Waals surface area contributed by atoms with Gasteiger partial charge in [0.05, 0.1) is 12.0 Å². The minimum atomic E-state index is -0.336. The molecule has 158 valence electrons. The highest BCUT2D eigenvalue weighted by atomic mass is 32.2. The average Bonchev–Trinajstić information content (AvgIpc) is 3.30. The molecule has 4 rings (SSSR count). The van der Waals surface area contributed by atoms with E-state index < -0.39 is 0 Å². The summed E-state index contributed by atoms with van der Waals surface area (Å²) in [4.78, 5) is 14.4.